The largest absolute Gasteiger partial charge is 0.493 e. The average molecular weight is 423 g/mol. The number of ether oxygens (including phenoxy) is 3. The highest BCUT2D eigenvalue weighted by molar-refractivity contribution is 7.89. The molecule has 0 saturated carbocycles. The van der Waals surface area contributed by atoms with Crippen molar-refractivity contribution >= 4 is 10.0 Å². The molecule has 0 aliphatic rings. The SMILES string of the molecule is COc1cc(F)c(S(=O)(=O)NCc2ccc(OCC(F)(F)F)cc2)cc1OC. The molecular formula is C17H17F4NO5S. The Hall–Kier alpha value is -2.53. The number of hydrogen-bond acceptors (Lipinski definition) is 5. The molecule has 0 aromatic heterocycles. The standard InChI is InChI=1S/C17H17F4NO5S/c1-25-14-7-13(18)16(8-15(14)26-2)28(23,24)22-9-11-3-5-12(6-4-11)27-10-17(19,20)21/h3-8,22H,9-10H2,1-2H3. The van der Waals surface area contributed by atoms with E-state index in [0.717, 1.165) is 12.1 Å². The van der Waals surface area contributed by atoms with Gasteiger partial charge in [0.2, 0.25) is 10.0 Å². The molecule has 0 radical (unpaired) electrons. The summed E-state index contributed by atoms with van der Waals surface area (Å²) in [7, 11) is -1.66. The number of rotatable bonds is 8. The molecule has 0 atom stereocenters. The summed E-state index contributed by atoms with van der Waals surface area (Å²) >= 11 is 0. The van der Waals surface area contributed by atoms with E-state index in [0.29, 0.717) is 5.56 Å². The summed E-state index contributed by atoms with van der Waals surface area (Å²) < 4.78 is 91.9. The highest BCUT2D eigenvalue weighted by Gasteiger charge is 2.28. The van der Waals surface area contributed by atoms with E-state index in [1.54, 1.807) is 0 Å². The van der Waals surface area contributed by atoms with E-state index in [2.05, 4.69) is 9.46 Å². The van der Waals surface area contributed by atoms with Crippen molar-refractivity contribution in [3.63, 3.8) is 0 Å². The van der Waals surface area contributed by atoms with E-state index in [-0.39, 0.29) is 23.8 Å². The zero-order valence-electron chi connectivity index (χ0n) is 14.8. The van der Waals surface area contributed by atoms with Gasteiger partial charge in [0.25, 0.3) is 0 Å². The van der Waals surface area contributed by atoms with Crippen LogP contribution in [-0.2, 0) is 16.6 Å². The Kier molecular flexibility index (Phi) is 6.73. The second-order valence-corrected chi connectivity index (χ2v) is 7.25. The fourth-order valence-corrected chi connectivity index (χ4v) is 3.26. The van der Waals surface area contributed by atoms with Crippen molar-refractivity contribution in [2.24, 2.45) is 0 Å². The minimum atomic E-state index is -4.46. The molecule has 0 aliphatic heterocycles. The van der Waals surface area contributed by atoms with Gasteiger partial charge in [-0.05, 0) is 17.7 Å². The first-order valence-electron chi connectivity index (χ1n) is 7.75. The molecule has 0 amide bonds. The Labute approximate surface area is 159 Å². The Morgan fingerprint density at radius 2 is 1.57 bits per heavy atom. The smallest absolute Gasteiger partial charge is 0.422 e. The van der Waals surface area contributed by atoms with Gasteiger partial charge in [-0.15, -0.1) is 0 Å². The van der Waals surface area contributed by atoms with Gasteiger partial charge in [0.15, 0.2) is 18.1 Å². The minimum Gasteiger partial charge on any atom is -0.493 e. The second-order valence-electron chi connectivity index (χ2n) is 5.51. The Balaban J connectivity index is 2.09. The summed E-state index contributed by atoms with van der Waals surface area (Å²) in [5.41, 5.74) is 0.434. The third-order valence-corrected chi connectivity index (χ3v) is 4.94. The quantitative estimate of drug-likeness (QED) is 0.660. The molecule has 6 nitrogen and oxygen atoms in total. The number of nitrogens with one attached hydrogen (secondary N) is 1. The van der Waals surface area contributed by atoms with Crippen LogP contribution in [0.4, 0.5) is 17.6 Å². The van der Waals surface area contributed by atoms with Gasteiger partial charge in [0.05, 0.1) is 14.2 Å². The van der Waals surface area contributed by atoms with Gasteiger partial charge in [-0.25, -0.2) is 17.5 Å². The molecule has 28 heavy (non-hydrogen) atoms. The average Bonchev–Trinajstić information content (AvgIpc) is 2.64. The predicted octanol–water partition coefficient (Wildman–Crippen LogP) is 3.26. The van der Waals surface area contributed by atoms with Gasteiger partial charge >= 0.3 is 6.18 Å². The third kappa shape index (κ3) is 5.73. The molecule has 2 rings (SSSR count). The first-order valence-corrected chi connectivity index (χ1v) is 9.23. The van der Waals surface area contributed by atoms with Crippen LogP contribution < -0.4 is 18.9 Å². The van der Waals surface area contributed by atoms with E-state index in [4.69, 9.17) is 9.47 Å². The van der Waals surface area contributed by atoms with E-state index in [9.17, 15) is 26.0 Å². The van der Waals surface area contributed by atoms with Crippen molar-refractivity contribution in [3.8, 4) is 17.2 Å². The maximum atomic E-state index is 14.1. The van der Waals surface area contributed by atoms with Crippen molar-refractivity contribution in [2.45, 2.75) is 17.6 Å². The fourth-order valence-electron chi connectivity index (χ4n) is 2.17. The van der Waals surface area contributed by atoms with Gasteiger partial charge in [-0.1, -0.05) is 12.1 Å². The molecule has 0 spiro atoms. The first-order chi connectivity index (χ1) is 13.1. The zero-order chi connectivity index (χ0) is 20.9. The molecule has 2 aromatic rings. The van der Waals surface area contributed by atoms with Gasteiger partial charge in [-0.2, -0.15) is 13.2 Å². The molecule has 0 heterocycles. The van der Waals surface area contributed by atoms with Crippen molar-refractivity contribution < 1.29 is 40.2 Å². The minimum absolute atomic E-state index is 0.0186. The summed E-state index contributed by atoms with van der Waals surface area (Å²) in [6, 6.07) is 7.20. The normalized spacial score (nSPS) is 11.9. The number of benzene rings is 2. The predicted molar refractivity (Wildman–Crippen MR) is 91.5 cm³/mol. The summed E-state index contributed by atoms with van der Waals surface area (Å²) in [6.07, 6.45) is -4.46. The van der Waals surface area contributed by atoms with Crippen LogP contribution in [0.25, 0.3) is 0 Å². The molecule has 0 fully saturated rings. The van der Waals surface area contributed by atoms with Gasteiger partial charge in [-0.3, -0.25) is 0 Å². The lowest BCUT2D eigenvalue weighted by Crippen LogP contribution is -2.24. The molecule has 1 N–H and O–H groups in total. The lowest BCUT2D eigenvalue weighted by molar-refractivity contribution is -0.153. The summed E-state index contributed by atoms with van der Waals surface area (Å²) in [6.45, 7) is -1.65. The molecule has 154 valence electrons. The highest BCUT2D eigenvalue weighted by Crippen LogP contribution is 2.31. The zero-order valence-corrected chi connectivity index (χ0v) is 15.7. The molecule has 2 aromatic carbocycles. The summed E-state index contributed by atoms with van der Waals surface area (Å²) in [4.78, 5) is -0.629. The van der Waals surface area contributed by atoms with E-state index >= 15 is 0 Å². The summed E-state index contributed by atoms with van der Waals surface area (Å²) in [5.74, 6) is -0.972. The van der Waals surface area contributed by atoms with Crippen LogP contribution in [0.15, 0.2) is 41.3 Å². The van der Waals surface area contributed by atoms with Crippen molar-refractivity contribution in [3.05, 3.63) is 47.8 Å². The van der Waals surface area contributed by atoms with Crippen LogP contribution >= 0.6 is 0 Å². The van der Waals surface area contributed by atoms with Crippen LogP contribution in [0.2, 0.25) is 0 Å². The van der Waals surface area contributed by atoms with Crippen molar-refractivity contribution in [2.75, 3.05) is 20.8 Å². The van der Waals surface area contributed by atoms with Crippen molar-refractivity contribution in [1.82, 2.24) is 4.72 Å². The lowest BCUT2D eigenvalue weighted by atomic mass is 10.2. The van der Waals surface area contributed by atoms with E-state index in [1.807, 2.05) is 0 Å². The molecule has 0 bridgehead atoms. The first kappa shape index (κ1) is 21.8. The Morgan fingerprint density at radius 1 is 1.00 bits per heavy atom. The number of hydrogen-bond donors (Lipinski definition) is 1. The van der Waals surface area contributed by atoms with Gasteiger partial charge < -0.3 is 14.2 Å². The molecule has 11 heteroatoms. The molecular weight excluding hydrogens is 406 g/mol. The molecule has 0 unspecified atom stereocenters. The van der Waals surface area contributed by atoms with Crippen LogP contribution in [0.5, 0.6) is 17.2 Å². The topological polar surface area (TPSA) is 73.9 Å². The van der Waals surface area contributed by atoms with Crippen molar-refractivity contribution in [1.29, 1.82) is 0 Å². The lowest BCUT2D eigenvalue weighted by Gasteiger charge is -2.12. The maximum absolute atomic E-state index is 14.1. The number of alkyl halides is 3. The van der Waals surface area contributed by atoms with Gasteiger partial charge in [0, 0.05) is 18.7 Å². The second kappa shape index (κ2) is 8.65. The number of sulfonamides is 1. The number of methoxy groups -OCH3 is 2. The van der Waals surface area contributed by atoms with Gasteiger partial charge in [0.1, 0.15) is 16.5 Å². The third-order valence-electron chi connectivity index (χ3n) is 3.52. The Morgan fingerprint density at radius 3 is 2.11 bits per heavy atom. The van der Waals surface area contributed by atoms with E-state index in [1.165, 1.54) is 38.5 Å². The van der Waals surface area contributed by atoms with Crippen LogP contribution in [-0.4, -0.2) is 35.4 Å². The molecule has 0 aliphatic carbocycles. The maximum Gasteiger partial charge on any atom is 0.422 e. The highest BCUT2D eigenvalue weighted by atomic mass is 32.2. The number of halogens is 4. The Bertz CT molecular complexity index is 914. The van der Waals surface area contributed by atoms with Crippen LogP contribution in [0.3, 0.4) is 0 Å². The van der Waals surface area contributed by atoms with Crippen LogP contribution in [0.1, 0.15) is 5.56 Å². The van der Waals surface area contributed by atoms with E-state index < -0.39 is 33.5 Å². The summed E-state index contributed by atoms with van der Waals surface area (Å²) in [5, 5.41) is 0. The van der Waals surface area contributed by atoms with Crippen LogP contribution in [0, 0.1) is 5.82 Å². The fraction of sp³-hybridized carbons (Fsp3) is 0.294. The monoisotopic (exact) mass is 423 g/mol. The molecule has 0 saturated heterocycles.